The van der Waals surface area contributed by atoms with E-state index in [1.807, 2.05) is 34.9 Å². The third kappa shape index (κ3) is 2.44. The van der Waals surface area contributed by atoms with Crippen LogP contribution in [0.4, 0.5) is 0 Å². The van der Waals surface area contributed by atoms with Crippen LogP contribution in [-0.4, -0.2) is 27.6 Å². The highest BCUT2D eigenvalue weighted by Gasteiger charge is 2.13. The number of hydrogen-bond acceptors (Lipinski definition) is 5. The average molecular weight is 328 g/mol. The fraction of sp³-hybridized carbons (Fsp3) is 0.125. The monoisotopic (exact) mass is 328 g/mol. The number of imidazole rings is 1. The summed E-state index contributed by atoms with van der Waals surface area (Å²) in [6.45, 7) is 0. The predicted octanol–water partition coefficient (Wildman–Crippen LogP) is 3.44. The minimum absolute atomic E-state index is 0.00773. The van der Waals surface area contributed by atoms with Crippen molar-refractivity contribution in [2.75, 3.05) is 7.11 Å². The van der Waals surface area contributed by atoms with Gasteiger partial charge >= 0.3 is 5.97 Å². The second-order valence-electron chi connectivity index (χ2n) is 5.10. The van der Waals surface area contributed by atoms with Gasteiger partial charge in [-0.1, -0.05) is 0 Å². The molecule has 7 heteroatoms. The molecule has 0 bridgehead atoms. The number of thiazole rings is 1. The van der Waals surface area contributed by atoms with Gasteiger partial charge in [0.05, 0.1) is 13.5 Å². The van der Waals surface area contributed by atoms with Crippen molar-refractivity contribution in [3.05, 3.63) is 41.5 Å². The maximum Gasteiger partial charge on any atom is 0.308 e. The van der Waals surface area contributed by atoms with E-state index in [2.05, 4.69) is 4.98 Å². The molecule has 116 valence electrons. The van der Waals surface area contributed by atoms with Crippen LogP contribution in [0.1, 0.15) is 4.88 Å². The Hall–Kier alpha value is -2.80. The third-order valence-corrected chi connectivity index (χ3v) is 4.51. The number of rotatable bonds is 4. The summed E-state index contributed by atoms with van der Waals surface area (Å²) in [6, 6.07) is 7.58. The number of hydrogen-bond donors (Lipinski definition) is 1. The fourth-order valence-corrected chi connectivity index (χ4v) is 3.41. The van der Waals surface area contributed by atoms with Crippen molar-refractivity contribution >= 4 is 33.2 Å². The first kappa shape index (κ1) is 13.8. The van der Waals surface area contributed by atoms with E-state index in [4.69, 9.17) is 14.3 Å². The number of furan rings is 1. The molecule has 0 fully saturated rings. The third-order valence-electron chi connectivity index (χ3n) is 3.51. The molecule has 1 aromatic carbocycles. The zero-order valence-electron chi connectivity index (χ0n) is 12.1. The van der Waals surface area contributed by atoms with E-state index in [0.717, 1.165) is 26.6 Å². The van der Waals surface area contributed by atoms with Crippen molar-refractivity contribution in [1.82, 2.24) is 9.38 Å². The van der Waals surface area contributed by atoms with Gasteiger partial charge in [-0.3, -0.25) is 9.20 Å². The number of nitrogens with zero attached hydrogens (tertiary/aromatic N) is 2. The molecular formula is C16H12N2O4S. The van der Waals surface area contributed by atoms with E-state index in [-0.39, 0.29) is 6.42 Å². The summed E-state index contributed by atoms with van der Waals surface area (Å²) in [7, 11) is 1.61. The van der Waals surface area contributed by atoms with E-state index >= 15 is 0 Å². The molecule has 0 aliphatic rings. The smallest absolute Gasteiger partial charge is 0.308 e. The number of methoxy groups -OCH3 is 1. The van der Waals surface area contributed by atoms with Gasteiger partial charge in [0, 0.05) is 28.7 Å². The average Bonchev–Trinajstić information content (AvgIpc) is 3.16. The van der Waals surface area contributed by atoms with E-state index < -0.39 is 5.97 Å². The molecule has 0 radical (unpaired) electrons. The number of ether oxygens (including phenoxy) is 1. The lowest BCUT2D eigenvalue weighted by Gasteiger charge is -1.96. The maximum absolute atomic E-state index is 10.8. The van der Waals surface area contributed by atoms with Crippen LogP contribution in [-0.2, 0) is 11.2 Å². The molecule has 4 rings (SSSR count). The number of carboxylic acids is 1. The lowest BCUT2D eigenvalue weighted by Crippen LogP contribution is -1.97. The van der Waals surface area contributed by atoms with Crippen LogP contribution in [0.2, 0.25) is 0 Å². The predicted molar refractivity (Wildman–Crippen MR) is 86.2 cm³/mol. The molecule has 0 amide bonds. The second-order valence-corrected chi connectivity index (χ2v) is 6.19. The van der Waals surface area contributed by atoms with Crippen molar-refractivity contribution in [3.63, 3.8) is 0 Å². The summed E-state index contributed by atoms with van der Waals surface area (Å²) in [5.74, 6) is 0.562. The Morgan fingerprint density at radius 1 is 1.39 bits per heavy atom. The normalized spacial score (nSPS) is 11.3. The van der Waals surface area contributed by atoms with Crippen molar-refractivity contribution in [2.24, 2.45) is 0 Å². The Balaban J connectivity index is 1.73. The van der Waals surface area contributed by atoms with E-state index in [0.29, 0.717) is 11.5 Å². The van der Waals surface area contributed by atoms with Gasteiger partial charge in [-0.15, -0.1) is 11.3 Å². The van der Waals surface area contributed by atoms with Gasteiger partial charge in [0.15, 0.2) is 10.7 Å². The van der Waals surface area contributed by atoms with Crippen LogP contribution in [0.15, 0.2) is 41.1 Å². The molecule has 0 aliphatic heterocycles. The molecular weight excluding hydrogens is 316 g/mol. The molecule has 0 atom stereocenters. The Morgan fingerprint density at radius 3 is 3.00 bits per heavy atom. The standard InChI is InChI=1S/C16H12N2O4S/c1-21-10-3-2-9-4-14(22-13(9)5-10)12-8-18-7-11(6-15(19)20)23-16(18)17-12/h2-5,7-8H,6H2,1H3,(H,19,20). The fourth-order valence-electron chi connectivity index (χ4n) is 2.46. The topological polar surface area (TPSA) is 77.0 Å². The number of aromatic nitrogens is 2. The summed E-state index contributed by atoms with van der Waals surface area (Å²) in [6.07, 6.45) is 3.64. The second kappa shape index (κ2) is 5.13. The van der Waals surface area contributed by atoms with Crippen molar-refractivity contribution in [2.45, 2.75) is 6.42 Å². The maximum atomic E-state index is 10.8. The number of aliphatic carboxylic acids is 1. The van der Waals surface area contributed by atoms with E-state index in [9.17, 15) is 4.79 Å². The molecule has 23 heavy (non-hydrogen) atoms. The molecule has 3 heterocycles. The summed E-state index contributed by atoms with van der Waals surface area (Å²) < 4.78 is 12.9. The SMILES string of the molecule is COc1ccc2cc(-c3cn4cc(CC(=O)O)sc4n3)oc2c1. The summed E-state index contributed by atoms with van der Waals surface area (Å²) >= 11 is 1.36. The molecule has 6 nitrogen and oxygen atoms in total. The highest BCUT2D eigenvalue weighted by atomic mass is 32.1. The van der Waals surface area contributed by atoms with Crippen LogP contribution in [0.5, 0.6) is 5.75 Å². The van der Waals surface area contributed by atoms with Gasteiger partial charge in [0.2, 0.25) is 0 Å². The molecule has 0 unspecified atom stereocenters. The largest absolute Gasteiger partial charge is 0.497 e. The lowest BCUT2D eigenvalue weighted by molar-refractivity contribution is -0.136. The van der Waals surface area contributed by atoms with E-state index in [1.165, 1.54) is 11.3 Å². The molecule has 0 saturated carbocycles. The van der Waals surface area contributed by atoms with Gasteiger partial charge in [-0.25, -0.2) is 4.98 Å². The van der Waals surface area contributed by atoms with Crippen LogP contribution in [0.3, 0.4) is 0 Å². The summed E-state index contributed by atoms with van der Waals surface area (Å²) in [4.78, 5) is 16.8. The lowest BCUT2D eigenvalue weighted by atomic mass is 10.2. The highest BCUT2D eigenvalue weighted by Crippen LogP contribution is 2.31. The van der Waals surface area contributed by atoms with Gasteiger partial charge in [-0.2, -0.15) is 0 Å². The van der Waals surface area contributed by atoms with Crippen LogP contribution >= 0.6 is 11.3 Å². The molecule has 1 N–H and O–H groups in total. The number of fused-ring (bicyclic) bond motifs is 2. The Labute approximate surface area is 134 Å². The first-order valence-electron chi connectivity index (χ1n) is 6.89. The molecule has 0 saturated heterocycles. The van der Waals surface area contributed by atoms with Crippen LogP contribution in [0.25, 0.3) is 27.4 Å². The van der Waals surface area contributed by atoms with Gasteiger partial charge < -0.3 is 14.3 Å². The summed E-state index contributed by atoms with van der Waals surface area (Å²) in [5, 5.41) is 9.81. The quantitative estimate of drug-likeness (QED) is 0.621. The van der Waals surface area contributed by atoms with Crippen molar-refractivity contribution in [1.29, 1.82) is 0 Å². The van der Waals surface area contributed by atoms with Gasteiger partial charge in [-0.05, 0) is 18.2 Å². The Morgan fingerprint density at radius 2 is 2.26 bits per heavy atom. The first-order chi connectivity index (χ1) is 11.1. The number of carbonyl (C=O) groups is 1. The minimum atomic E-state index is -0.846. The number of benzene rings is 1. The van der Waals surface area contributed by atoms with Crippen molar-refractivity contribution in [3.8, 4) is 17.2 Å². The highest BCUT2D eigenvalue weighted by molar-refractivity contribution is 7.17. The molecule has 3 aromatic heterocycles. The van der Waals surface area contributed by atoms with Crippen molar-refractivity contribution < 1.29 is 19.1 Å². The molecule has 0 spiro atoms. The Bertz CT molecular complexity index is 996. The zero-order valence-corrected chi connectivity index (χ0v) is 13.0. The Kier molecular flexibility index (Phi) is 3.09. The number of carboxylic acid groups (broad SMARTS) is 1. The zero-order chi connectivity index (χ0) is 16.0. The molecule has 0 aliphatic carbocycles. The summed E-state index contributed by atoms with van der Waals surface area (Å²) in [5.41, 5.74) is 1.45. The van der Waals surface area contributed by atoms with Crippen LogP contribution < -0.4 is 4.74 Å². The first-order valence-corrected chi connectivity index (χ1v) is 7.71. The minimum Gasteiger partial charge on any atom is -0.497 e. The van der Waals surface area contributed by atoms with Gasteiger partial charge in [0.1, 0.15) is 17.0 Å². The van der Waals surface area contributed by atoms with Gasteiger partial charge in [0.25, 0.3) is 0 Å². The molecule has 4 aromatic rings. The van der Waals surface area contributed by atoms with Crippen LogP contribution in [0, 0.1) is 0 Å². The van der Waals surface area contributed by atoms with E-state index in [1.54, 1.807) is 13.3 Å².